The van der Waals surface area contributed by atoms with Crippen molar-refractivity contribution in [2.24, 2.45) is 0 Å². The van der Waals surface area contributed by atoms with Gasteiger partial charge in [0.2, 0.25) is 0 Å². The monoisotopic (exact) mass is 318 g/mol. The van der Waals surface area contributed by atoms with Crippen LogP contribution in [-0.2, 0) is 0 Å². The largest absolute Gasteiger partial charge is 0.478 e. The fourth-order valence-electron chi connectivity index (χ4n) is 2.68. The zero-order valence-electron chi connectivity index (χ0n) is 12.6. The molecule has 0 fully saturated rings. The van der Waals surface area contributed by atoms with E-state index in [1.807, 2.05) is 36.4 Å². The van der Waals surface area contributed by atoms with Crippen LogP contribution < -0.4 is 0 Å². The molecule has 24 heavy (non-hydrogen) atoms. The lowest BCUT2D eigenvalue weighted by Crippen LogP contribution is -2.10. The lowest BCUT2D eigenvalue weighted by molar-refractivity contribution is 0.0652. The molecule has 0 saturated heterocycles. The molecule has 0 amide bonds. The minimum atomic E-state index is -1.26. The molecule has 3 aromatic carbocycles. The highest BCUT2D eigenvalue weighted by Gasteiger charge is 2.22. The van der Waals surface area contributed by atoms with Crippen LogP contribution in [0.5, 0.6) is 0 Å². The summed E-state index contributed by atoms with van der Waals surface area (Å²) in [5.74, 6) is -2.52. The summed E-state index contributed by atoms with van der Waals surface area (Å²) in [7, 11) is 0. The van der Waals surface area contributed by atoms with Crippen LogP contribution in [0.3, 0.4) is 0 Å². The van der Waals surface area contributed by atoms with Crippen LogP contribution in [0.4, 0.5) is 0 Å². The molecule has 0 aliphatic heterocycles. The molecule has 0 aliphatic carbocycles. The van der Waals surface area contributed by atoms with Crippen LogP contribution >= 0.6 is 0 Å². The van der Waals surface area contributed by atoms with Gasteiger partial charge in [-0.25, -0.2) is 9.59 Å². The second kappa shape index (κ2) is 6.38. The summed E-state index contributed by atoms with van der Waals surface area (Å²) < 4.78 is 0. The maximum atomic E-state index is 11.7. The molecule has 0 bridgehead atoms. The minimum absolute atomic E-state index is 0.201. The summed E-state index contributed by atoms with van der Waals surface area (Å²) in [6.07, 6.45) is 0. The first-order valence-electron chi connectivity index (χ1n) is 7.33. The van der Waals surface area contributed by atoms with Crippen LogP contribution in [0.25, 0.3) is 22.3 Å². The molecular formula is C20H14O4. The average Bonchev–Trinajstić information content (AvgIpc) is 2.62. The van der Waals surface area contributed by atoms with E-state index in [9.17, 15) is 19.8 Å². The molecule has 4 nitrogen and oxygen atoms in total. The molecule has 4 heteroatoms. The standard InChI is InChI=1S/C20H14O4/c21-19(22)17-12-15(13-7-3-1-4-8-13)11-16(18(17)20(23)24)14-9-5-2-6-10-14/h1-12H,(H,21,22)(H,23,24). The van der Waals surface area contributed by atoms with Crippen LogP contribution in [-0.4, -0.2) is 22.2 Å². The number of carboxylic acid groups (broad SMARTS) is 2. The number of carboxylic acids is 2. The number of hydrogen-bond acceptors (Lipinski definition) is 2. The van der Waals surface area contributed by atoms with Gasteiger partial charge < -0.3 is 10.2 Å². The average molecular weight is 318 g/mol. The predicted octanol–water partition coefficient (Wildman–Crippen LogP) is 4.42. The quantitative estimate of drug-likeness (QED) is 0.747. The number of hydrogen-bond donors (Lipinski definition) is 2. The van der Waals surface area contributed by atoms with Crippen molar-refractivity contribution in [2.45, 2.75) is 0 Å². The first kappa shape index (κ1) is 15.5. The molecule has 0 saturated carbocycles. The lowest BCUT2D eigenvalue weighted by atomic mass is 9.90. The fourth-order valence-corrected chi connectivity index (χ4v) is 2.68. The second-order valence-corrected chi connectivity index (χ2v) is 5.29. The smallest absolute Gasteiger partial charge is 0.337 e. The van der Waals surface area contributed by atoms with E-state index in [4.69, 9.17) is 0 Å². The Bertz CT molecular complexity index is 900. The third-order valence-corrected chi connectivity index (χ3v) is 3.77. The van der Waals surface area contributed by atoms with E-state index < -0.39 is 11.9 Å². The first-order chi connectivity index (χ1) is 11.6. The maximum Gasteiger partial charge on any atom is 0.337 e. The third-order valence-electron chi connectivity index (χ3n) is 3.77. The van der Waals surface area contributed by atoms with E-state index >= 15 is 0 Å². The van der Waals surface area contributed by atoms with E-state index in [2.05, 4.69) is 0 Å². The summed E-state index contributed by atoms with van der Waals surface area (Å²) in [4.78, 5) is 23.3. The van der Waals surface area contributed by atoms with Crippen molar-refractivity contribution in [2.75, 3.05) is 0 Å². The molecular weight excluding hydrogens is 304 g/mol. The Morgan fingerprint density at radius 2 is 1.17 bits per heavy atom. The molecule has 0 atom stereocenters. The van der Waals surface area contributed by atoms with Gasteiger partial charge in [0.25, 0.3) is 0 Å². The van der Waals surface area contributed by atoms with E-state index in [0.717, 1.165) is 5.56 Å². The van der Waals surface area contributed by atoms with E-state index in [0.29, 0.717) is 16.7 Å². The molecule has 3 rings (SSSR count). The third kappa shape index (κ3) is 2.90. The molecule has 0 unspecified atom stereocenters. The van der Waals surface area contributed by atoms with Gasteiger partial charge in [-0.2, -0.15) is 0 Å². The van der Waals surface area contributed by atoms with Gasteiger partial charge >= 0.3 is 11.9 Å². The van der Waals surface area contributed by atoms with Crippen molar-refractivity contribution >= 4 is 11.9 Å². The van der Waals surface area contributed by atoms with Gasteiger partial charge in [0.05, 0.1) is 11.1 Å². The molecule has 3 aromatic rings. The normalized spacial score (nSPS) is 10.3. The Labute approximate surface area is 138 Å². The summed E-state index contributed by atoms with van der Waals surface area (Å²) in [5, 5.41) is 19.0. The number of aromatic carboxylic acids is 2. The molecule has 0 aromatic heterocycles. The van der Waals surface area contributed by atoms with E-state index in [1.54, 1.807) is 30.3 Å². The lowest BCUT2D eigenvalue weighted by Gasteiger charge is -2.13. The van der Waals surface area contributed by atoms with Crippen LogP contribution in [0.15, 0.2) is 72.8 Å². The second-order valence-electron chi connectivity index (χ2n) is 5.29. The Hall–Kier alpha value is -3.40. The SMILES string of the molecule is O=C(O)c1cc(-c2ccccc2)cc(-c2ccccc2)c1C(=O)O. The Morgan fingerprint density at radius 3 is 1.67 bits per heavy atom. The zero-order valence-corrected chi connectivity index (χ0v) is 12.6. The van der Waals surface area contributed by atoms with E-state index in [-0.39, 0.29) is 11.1 Å². The van der Waals surface area contributed by atoms with Gasteiger partial charge in [0.1, 0.15) is 0 Å². The Balaban J connectivity index is 2.35. The first-order valence-corrected chi connectivity index (χ1v) is 7.33. The van der Waals surface area contributed by atoms with Crippen molar-refractivity contribution in [3.8, 4) is 22.3 Å². The molecule has 0 heterocycles. The summed E-state index contributed by atoms with van der Waals surface area (Å²) in [5.41, 5.74) is 2.12. The summed E-state index contributed by atoms with van der Waals surface area (Å²) in [6.45, 7) is 0. The zero-order chi connectivity index (χ0) is 17.1. The minimum Gasteiger partial charge on any atom is -0.478 e. The molecule has 118 valence electrons. The van der Waals surface area contributed by atoms with Crippen molar-refractivity contribution in [1.29, 1.82) is 0 Å². The van der Waals surface area contributed by atoms with Crippen LogP contribution in [0.1, 0.15) is 20.7 Å². The molecule has 0 aliphatic rings. The topological polar surface area (TPSA) is 74.6 Å². The van der Waals surface area contributed by atoms with Crippen molar-refractivity contribution in [3.05, 3.63) is 83.9 Å². The molecule has 0 radical (unpaired) electrons. The number of rotatable bonds is 4. The molecule has 0 spiro atoms. The van der Waals surface area contributed by atoms with Crippen molar-refractivity contribution in [3.63, 3.8) is 0 Å². The van der Waals surface area contributed by atoms with Gasteiger partial charge in [0, 0.05) is 0 Å². The van der Waals surface area contributed by atoms with Crippen molar-refractivity contribution in [1.82, 2.24) is 0 Å². The maximum absolute atomic E-state index is 11.7. The predicted molar refractivity (Wildman–Crippen MR) is 91.2 cm³/mol. The Kier molecular flexibility index (Phi) is 4.12. The van der Waals surface area contributed by atoms with Crippen LogP contribution in [0.2, 0.25) is 0 Å². The van der Waals surface area contributed by atoms with Gasteiger partial charge in [-0.1, -0.05) is 60.7 Å². The van der Waals surface area contributed by atoms with Gasteiger partial charge in [-0.05, 0) is 34.4 Å². The highest BCUT2D eigenvalue weighted by molar-refractivity contribution is 6.08. The van der Waals surface area contributed by atoms with Crippen LogP contribution in [0, 0.1) is 0 Å². The number of carbonyl (C=O) groups is 2. The summed E-state index contributed by atoms with van der Waals surface area (Å²) in [6, 6.07) is 21.3. The Morgan fingerprint density at radius 1 is 0.625 bits per heavy atom. The fraction of sp³-hybridized carbons (Fsp3) is 0. The van der Waals surface area contributed by atoms with Gasteiger partial charge in [-0.15, -0.1) is 0 Å². The molecule has 2 N–H and O–H groups in total. The highest BCUT2D eigenvalue weighted by Crippen LogP contribution is 2.32. The summed E-state index contributed by atoms with van der Waals surface area (Å²) >= 11 is 0. The number of benzene rings is 3. The van der Waals surface area contributed by atoms with Gasteiger partial charge in [0.15, 0.2) is 0 Å². The highest BCUT2D eigenvalue weighted by atomic mass is 16.4. The van der Waals surface area contributed by atoms with Crippen molar-refractivity contribution < 1.29 is 19.8 Å². The van der Waals surface area contributed by atoms with E-state index in [1.165, 1.54) is 6.07 Å². The van der Waals surface area contributed by atoms with Gasteiger partial charge in [-0.3, -0.25) is 0 Å².